The molecule has 1 heterocycles. The molecule has 0 unspecified atom stereocenters. The zero-order valence-electron chi connectivity index (χ0n) is 20.7. The summed E-state index contributed by atoms with van der Waals surface area (Å²) in [5.74, 6) is 0.265. The minimum Gasteiger partial charge on any atom is -0.495 e. The zero-order chi connectivity index (χ0) is 27.2. The molecule has 14 heteroatoms. The molecule has 204 valence electrons. The van der Waals surface area contributed by atoms with Gasteiger partial charge in [-0.15, -0.1) is 0 Å². The minimum absolute atomic E-state index is 0.0846. The van der Waals surface area contributed by atoms with Crippen LogP contribution in [0.3, 0.4) is 0 Å². The summed E-state index contributed by atoms with van der Waals surface area (Å²) in [6.07, 6.45) is 1.00. The standard InChI is InChI=1S/C23H30ClN3O8S2/c1-17(27(36(3,29)30)18-4-9-22(33-2)21(24)16-18)23(28)25-10-13-35-19-5-7-20(8-6-19)37(31,32)26-11-14-34-15-12-26/h4-9,16-17H,10-15H2,1-3H3,(H,25,28)/t17-/m0/s1. The Labute approximate surface area is 222 Å². The van der Waals surface area contributed by atoms with Crippen LogP contribution in [0.5, 0.6) is 11.5 Å². The molecule has 37 heavy (non-hydrogen) atoms. The molecule has 1 atom stereocenters. The molecule has 3 rings (SSSR count). The highest BCUT2D eigenvalue weighted by molar-refractivity contribution is 7.92. The van der Waals surface area contributed by atoms with Crippen LogP contribution >= 0.6 is 11.6 Å². The van der Waals surface area contributed by atoms with Crippen molar-refractivity contribution in [3.63, 3.8) is 0 Å². The second-order valence-electron chi connectivity index (χ2n) is 8.18. The lowest BCUT2D eigenvalue weighted by Gasteiger charge is -2.28. The summed E-state index contributed by atoms with van der Waals surface area (Å²) in [6, 6.07) is 9.37. The number of sulfonamides is 2. The van der Waals surface area contributed by atoms with Crippen LogP contribution in [0, 0.1) is 0 Å². The zero-order valence-corrected chi connectivity index (χ0v) is 23.1. The summed E-state index contributed by atoms with van der Waals surface area (Å²) in [5, 5.41) is 2.86. The SMILES string of the molecule is COc1ccc(N([C@@H](C)C(=O)NCCOc2ccc(S(=O)(=O)N3CCOCC3)cc2)S(C)(=O)=O)cc1Cl. The fraction of sp³-hybridized carbons (Fsp3) is 0.435. The van der Waals surface area contributed by atoms with Gasteiger partial charge in [-0.3, -0.25) is 9.10 Å². The fourth-order valence-corrected chi connectivity index (χ4v) is 6.56. The Morgan fingerprint density at radius 2 is 1.78 bits per heavy atom. The maximum absolute atomic E-state index is 12.7. The van der Waals surface area contributed by atoms with E-state index in [4.69, 9.17) is 25.8 Å². The Morgan fingerprint density at radius 3 is 2.35 bits per heavy atom. The van der Waals surface area contributed by atoms with Gasteiger partial charge in [0, 0.05) is 13.1 Å². The van der Waals surface area contributed by atoms with E-state index in [2.05, 4.69) is 5.32 Å². The van der Waals surface area contributed by atoms with E-state index in [0.29, 0.717) is 37.8 Å². The molecule has 2 aromatic carbocycles. The second-order valence-corrected chi connectivity index (χ2v) is 12.4. The van der Waals surface area contributed by atoms with Crippen LogP contribution in [-0.2, 0) is 29.6 Å². The Bertz CT molecular complexity index is 1300. The van der Waals surface area contributed by atoms with Gasteiger partial charge in [-0.05, 0) is 49.4 Å². The van der Waals surface area contributed by atoms with Crippen molar-refractivity contribution in [2.75, 3.05) is 57.1 Å². The van der Waals surface area contributed by atoms with Crippen LogP contribution in [0.4, 0.5) is 5.69 Å². The third-order valence-corrected chi connectivity index (χ3v) is 9.03. The first kappa shape index (κ1) is 29.0. The highest BCUT2D eigenvalue weighted by Crippen LogP contribution is 2.31. The van der Waals surface area contributed by atoms with Crippen LogP contribution in [0.1, 0.15) is 6.92 Å². The van der Waals surface area contributed by atoms with Crippen molar-refractivity contribution in [2.45, 2.75) is 17.9 Å². The number of carbonyl (C=O) groups is 1. The Hall–Kier alpha value is -2.58. The lowest BCUT2D eigenvalue weighted by molar-refractivity contribution is -0.121. The number of hydrogen-bond acceptors (Lipinski definition) is 8. The van der Waals surface area contributed by atoms with E-state index in [1.807, 2.05) is 0 Å². The number of ether oxygens (including phenoxy) is 3. The van der Waals surface area contributed by atoms with E-state index in [1.165, 1.54) is 60.8 Å². The maximum atomic E-state index is 12.7. The number of benzene rings is 2. The number of morpholine rings is 1. The van der Waals surface area contributed by atoms with Crippen LogP contribution in [-0.4, -0.2) is 85.9 Å². The van der Waals surface area contributed by atoms with E-state index in [0.717, 1.165) is 10.6 Å². The molecule has 0 spiro atoms. The number of nitrogens with zero attached hydrogens (tertiary/aromatic N) is 2. The van der Waals surface area contributed by atoms with Gasteiger partial charge in [-0.1, -0.05) is 11.6 Å². The van der Waals surface area contributed by atoms with E-state index in [9.17, 15) is 21.6 Å². The first-order chi connectivity index (χ1) is 17.4. The molecular formula is C23H30ClN3O8S2. The smallest absolute Gasteiger partial charge is 0.243 e. The summed E-state index contributed by atoms with van der Waals surface area (Å²) < 4.78 is 68.5. The van der Waals surface area contributed by atoms with E-state index >= 15 is 0 Å². The third-order valence-electron chi connectivity index (χ3n) is 5.58. The van der Waals surface area contributed by atoms with Crippen molar-refractivity contribution in [1.82, 2.24) is 9.62 Å². The quantitative estimate of drug-likeness (QED) is 0.401. The molecule has 1 N–H and O–H groups in total. The lowest BCUT2D eigenvalue weighted by atomic mass is 10.2. The number of amides is 1. The molecule has 1 fully saturated rings. The number of hydrogen-bond donors (Lipinski definition) is 1. The predicted molar refractivity (Wildman–Crippen MR) is 139 cm³/mol. The summed E-state index contributed by atoms with van der Waals surface area (Å²) in [6.45, 7) is 2.98. The van der Waals surface area contributed by atoms with Gasteiger partial charge in [0.2, 0.25) is 26.0 Å². The highest BCUT2D eigenvalue weighted by atomic mass is 35.5. The first-order valence-electron chi connectivity index (χ1n) is 11.4. The first-order valence-corrected chi connectivity index (χ1v) is 15.0. The van der Waals surface area contributed by atoms with Crippen LogP contribution in [0.25, 0.3) is 0 Å². The molecule has 0 radical (unpaired) electrons. The van der Waals surface area contributed by atoms with Crippen LogP contribution in [0.2, 0.25) is 5.02 Å². The van der Waals surface area contributed by atoms with Crippen LogP contribution in [0.15, 0.2) is 47.4 Å². The summed E-state index contributed by atoms with van der Waals surface area (Å²) in [7, 11) is -5.98. The molecule has 11 nitrogen and oxygen atoms in total. The van der Waals surface area contributed by atoms with Crippen molar-refractivity contribution < 1.29 is 35.8 Å². The summed E-state index contributed by atoms with van der Waals surface area (Å²) in [5.41, 5.74) is 0.222. The Balaban J connectivity index is 1.56. The maximum Gasteiger partial charge on any atom is 0.243 e. The topological polar surface area (TPSA) is 132 Å². The van der Waals surface area contributed by atoms with E-state index < -0.39 is 32.0 Å². The molecule has 0 aliphatic carbocycles. The van der Waals surface area contributed by atoms with Gasteiger partial charge in [0.25, 0.3) is 0 Å². The van der Waals surface area contributed by atoms with Gasteiger partial charge >= 0.3 is 0 Å². The van der Waals surface area contributed by atoms with Crippen molar-refractivity contribution in [3.05, 3.63) is 47.5 Å². The van der Waals surface area contributed by atoms with Gasteiger partial charge < -0.3 is 19.5 Å². The van der Waals surface area contributed by atoms with Gasteiger partial charge in [0.1, 0.15) is 24.1 Å². The molecule has 1 aliphatic rings. The van der Waals surface area contributed by atoms with Gasteiger partial charge in [0.05, 0.1) is 48.7 Å². The summed E-state index contributed by atoms with van der Waals surface area (Å²) in [4.78, 5) is 12.9. The predicted octanol–water partition coefficient (Wildman–Crippen LogP) is 1.72. The van der Waals surface area contributed by atoms with Crippen molar-refractivity contribution in [1.29, 1.82) is 0 Å². The molecule has 0 bridgehead atoms. The molecule has 0 saturated carbocycles. The normalized spacial score (nSPS) is 15.6. The van der Waals surface area contributed by atoms with Crippen LogP contribution < -0.4 is 19.1 Å². The number of carbonyl (C=O) groups excluding carboxylic acids is 1. The Morgan fingerprint density at radius 1 is 1.14 bits per heavy atom. The lowest BCUT2D eigenvalue weighted by Crippen LogP contribution is -2.48. The van der Waals surface area contributed by atoms with Gasteiger partial charge in [-0.25, -0.2) is 16.8 Å². The molecule has 0 aromatic heterocycles. The van der Waals surface area contributed by atoms with E-state index in [-0.39, 0.29) is 28.8 Å². The molecular weight excluding hydrogens is 546 g/mol. The summed E-state index contributed by atoms with van der Waals surface area (Å²) >= 11 is 6.14. The fourth-order valence-electron chi connectivity index (χ4n) is 3.74. The monoisotopic (exact) mass is 575 g/mol. The Kier molecular flexibility index (Phi) is 9.64. The third kappa shape index (κ3) is 7.26. The number of rotatable bonds is 11. The number of nitrogens with one attached hydrogen (secondary N) is 1. The largest absolute Gasteiger partial charge is 0.495 e. The minimum atomic E-state index is -3.81. The average Bonchev–Trinajstić information content (AvgIpc) is 2.86. The molecule has 1 amide bonds. The van der Waals surface area contributed by atoms with Gasteiger partial charge in [-0.2, -0.15) is 4.31 Å². The van der Waals surface area contributed by atoms with Crippen molar-refractivity contribution in [2.24, 2.45) is 0 Å². The molecule has 1 saturated heterocycles. The molecule has 2 aromatic rings. The molecule has 1 aliphatic heterocycles. The average molecular weight is 576 g/mol. The van der Waals surface area contributed by atoms with Crippen molar-refractivity contribution in [3.8, 4) is 11.5 Å². The second kappa shape index (κ2) is 12.3. The number of methoxy groups -OCH3 is 1. The number of halogens is 1. The van der Waals surface area contributed by atoms with Crippen molar-refractivity contribution >= 4 is 43.2 Å². The van der Waals surface area contributed by atoms with Gasteiger partial charge in [0.15, 0.2) is 0 Å². The van der Waals surface area contributed by atoms with E-state index in [1.54, 1.807) is 0 Å². The number of anilines is 1. The highest BCUT2D eigenvalue weighted by Gasteiger charge is 2.30.